The number of fused-ring (bicyclic) bond motifs is 1. The summed E-state index contributed by atoms with van der Waals surface area (Å²) in [6.45, 7) is 3.36. The Morgan fingerprint density at radius 3 is 2.68 bits per heavy atom. The van der Waals surface area contributed by atoms with Gasteiger partial charge in [-0.05, 0) is 17.7 Å². The first-order chi connectivity index (χ1) is 9.34. The third kappa shape index (κ3) is 3.04. The van der Waals surface area contributed by atoms with E-state index in [4.69, 9.17) is 18.9 Å². The van der Waals surface area contributed by atoms with Crippen LogP contribution in [0, 0.1) is 0 Å². The number of halogens is 1. The first kappa shape index (κ1) is 13.2. The topological polar surface area (TPSA) is 36.9 Å². The van der Waals surface area contributed by atoms with Crippen LogP contribution >= 0.6 is 15.9 Å². The number of hydrogen-bond acceptors (Lipinski definition) is 4. The average molecular weight is 329 g/mol. The average Bonchev–Trinajstić information content (AvgIpc) is 2.72. The van der Waals surface area contributed by atoms with Gasteiger partial charge in [-0.15, -0.1) is 0 Å². The summed E-state index contributed by atoms with van der Waals surface area (Å²) >= 11 is 3.69. The monoisotopic (exact) mass is 328 g/mol. The molecule has 0 spiro atoms. The van der Waals surface area contributed by atoms with E-state index in [1.807, 2.05) is 18.2 Å². The third-order valence-electron chi connectivity index (χ3n) is 3.26. The van der Waals surface area contributed by atoms with Crippen LogP contribution < -0.4 is 9.47 Å². The molecule has 0 aliphatic carbocycles. The zero-order valence-corrected chi connectivity index (χ0v) is 12.2. The molecule has 0 aromatic heterocycles. The molecule has 104 valence electrons. The Hall–Kier alpha value is -0.780. The van der Waals surface area contributed by atoms with Gasteiger partial charge in [-0.2, -0.15) is 0 Å². The van der Waals surface area contributed by atoms with E-state index >= 15 is 0 Å². The van der Waals surface area contributed by atoms with Crippen molar-refractivity contribution in [2.24, 2.45) is 0 Å². The molecule has 0 bridgehead atoms. The lowest BCUT2D eigenvalue weighted by Crippen LogP contribution is -2.31. The van der Waals surface area contributed by atoms with E-state index < -0.39 is 0 Å². The predicted molar refractivity (Wildman–Crippen MR) is 74.3 cm³/mol. The maximum Gasteiger partial charge on any atom is 0.161 e. The first-order valence-corrected chi connectivity index (χ1v) is 7.49. The van der Waals surface area contributed by atoms with Gasteiger partial charge >= 0.3 is 0 Å². The summed E-state index contributed by atoms with van der Waals surface area (Å²) < 4.78 is 22.5. The van der Waals surface area contributed by atoms with Crippen LogP contribution in [0.3, 0.4) is 0 Å². The zero-order valence-electron chi connectivity index (χ0n) is 10.6. The highest BCUT2D eigenvalue weighted by molar-refractivity contribution is 9.09. The second kappa shape index (κ2) is 6.11. The van der Waals surface area contributed by atoms with Crippen molar-refractivity contribution in [1.82, 2.24) is 0 Å². The van der Waals surface area contributed by atoms with Crippen LogP contribution in [-0.4, -0.2) is 39.1 Å². The van der Waals surface area contributed by atoms with Gasteiger partial charge < -0.3 is 18.9 Å². The Labute approximate surface area is 121 Å². The van der Waals surface area contributed by atoms with Crippen LogP contribution in [-0.2, 0) is 9.47 Å². The van der Waals surface area contributed by atoms with Crippen molar-refractivity contribution in [3.63, 3.8) is 0 Å². The Morgan fingerprint density at radius 1 is 1.05 bits per heavy atom. The van der Waals surface area contributed by atoms with Crippen LogP contribution in [0.15, 0.2) is 18.2 Å². The molecular weight excluding hydrogens is 312 g/mol. The van der Waals surface area contributed by atoms with Crippen molar-refractivity contribution in [3.05, 3.63) is 23.8 Å². The van der Waals surface area contributed by atoms with Crippen LogP contribution in [0.1, 0.15) is 16.8 Å². The highest BCUT2D eigenvalue weighted by Crippen LogP contribution is 2.37. The lowest BCUT2D eigenvalue weighted by Gasteiger charge is -2.27. The van der Waals surface area contributed by atoms with Gasteiger partial charge in [-0.1, -0.05) is 22.0 Å². The van der Waals surface area contributed by atoms with Crippen LogP contribution in [0.4, 0.5) is 0 Å². The summed E-state index contributed by atoms with van der Waals surface area (Å²) in [4.78, 5) is 0.102. The van der Waals surface area contributed by atoms with E-state index in [0.717, 1.165) is 23.5 Å². The first-order valence-electron chi connectivity index (χ1n) is 6.57. The van der Waals surface area contributed by atoms with Crippen molar-refractivity contribution in [2.75, 3.05) is 33.0 Å². The quantitative estimate of drug-likeness (QED) is 0.782. The number of rotatable bonds is 2. The lowest BCUT2D eigenvalue weighted by molar-refractivity contribution is -0.0876. The van der Waals surface area contributed by atoms with Gasteiger partial charge in [0.15, 0.2) is 11.5 Å². The molecule has 2 unspecified atom stereocenters. The molecule has 1 aromatic carbocycles. The minimum absolute atomic E-state index is 0.0403. The Bertz CT molecular complexity index is 431. The molecule has 1 aromatic rings. The number of benzene rings is 1. The smallest absolute Gasteiger partial charge is 0.161 e. The molecule has 2 aliphatic heterocycles. The van der Waals surface area contributed by atoms with Gasteiger partial charge in [-0.25, -0.2) is 0 Å². The van der Waals surface area contributed by atoms with Crippen LogP contribution in [0.25, 0.3) is 0 Å². The van der Waals surface area contributed by atoms with Crippen molar-refractivity contribution in [2.45, 2.75) is 17.4 Å². The summed E-state index contributed by atoms with van der Waals surface area (Å²) in [5.74, 6) is 1.64. The molecule has 1 fully saturated rings. The molecule has 0 radical (unpaired) electrons. The Balaban J connectivity index is 1.78. The van der Waals surface area contributed by atoms with Crippen molar-refractivity contribution in [3.8, 4) is 11.5 Å². The maximum atomic E-state index is 5.72. The Morgan fingerprint density at radius 2 is 1.89 bits per heavy atom. The minimum Gasteiger partial charge on any atom is -0.490 e. The summed E-state index contributed by atoms with van der Waals surface area (Å²) in [7, 11) is 0. The molecule has 4 nitrogen and oxygen atoms in total. The molecule has 2 heterocycles. The van der Waals surface area contributed by atoms with E-state index in [9.17, 15) is 0 Å². The van der Waals surface area contributed by atoms with Gasteiger partial charge in [0, 0.05) is 6.42 Å². The van der Waals surface area contributed by atoms with E-state index in [1.54, 1.807) is 0 Å². The summed E-state index contributed by atoms with van der Waals surface area (Å²) in [6, 6.07) is 6.04. The molecule has 2 atom stereocenters. The van der Waals surface area contributed by atoms with Crippen molar-refractivity contribution in [1.29, 1.82) is 0 Å². The largest absolute Gasteiger partial charge is 0.490 e. The van der Waals surface area contributed by atoms with Crippen LogP contribution in [0.2, 0.25) is 0 Å². The molecule has 19 heavy (non-hydrogen) atoms. The number of hydrogen-bond donors (Lipinski definition) is 0. The van der Waals surface area contributed by atoms with Crippen molar-refractivity contribution >= 4 is 15.9 Å². The second-order valence-corrected chi connectivity index (χ2v) is 5.63. The fourth-order valence-corrected chi connectivity index (χ4v) is 2.83. The van der Waals surface area contributed by atoms with E-state index in [-0.39, 0.29) is 10.9 Å². The number of ether oxygens (including phenoxy) is 4. The lowest BCUT2D eigenvalue weighted by atomic mass is 10.1. The molecule has 0 saturated carbocycles. The summed E-state index contributed by atoms with van der Waals surface area (Å²) in [5, 5.41) is 0. The molecule has 5 heteroatoms. The maximum absolute atomic E-state index is 5.72. The summed E-state index contributed by atoms with van der Waals surface area (Å²) in [5.41, 5.74) is 1.12. The van der Waals surface area contributed by atoms with Crippen molar-refractivity contribution < 1.29 is 18.9 Å². The third-order valence-corrected chi connectivity index (χ3v) is 4.38. The molecule has 1 saturated heterocycles. The normalized spacial score (nSPS) is 24.6. The highest BCUT2D eigenvalue weighted by atomic mass is 79.9. The van der Waals surface area contributed by atoms with E-state index in [2.05, 4.69) is 15.9 Å². The fraction of sp³-hybridized carbons (Fsp3) is 0.571. The van der Waals surface area contributed by atoms with E-state index in [1.165, 1.54) is 0 Å². The number of alkyl halides is 1. The molecule has 2 aliphatic rings. The standard InChI is InChI=1S/C14H17BrO4/c15-14(13-9-16-6-7-19-13)10-2-3-11-12(8-10)18-5-1-4-17-11/h2-3,8,13-14H,1,4-7,9H2. The SMILES string of the molecule is BrC(c1ccc2c(c1)OCCCO2)C1COCCO1. The van der Waals surface area contributed by atoms with Gasteiger partial charge in [0.2, 0.25) is 0 Å². The molecule has 3 rings (SSSR count). The zero-order chi connectivity index (χ0) is 13.1. The molecule has 0 N–H and O–H groups in total. The minimum atomic E-state index is 0.0403. The van der Waals surface area contributed by atoms with Gasteiger partial charge in [0.05, 0.1) is 44.0 Å². The molecular formula is C14H17BrO4. The fourth-order valence-electron chi connectivity index (χ4n) is 2.24. The van der Waals surface area contributed by atoms with Crippen LogP contribution in [0.5, 0.6) is 11.5 Å². The highest BCUT2D eigenvalue weighted by Gasteiger charge is 2.25. The predicted octanol–water partition coefficient (Wildman–Crippen LogP) is 2.70. The van der Waals surface area contributed by atoms with Gasteiger partial charge in [-0.3, -0.25) is 0 Å². The van der Waals surface area contributed by atoms with E-state index in [0.29, 0.717) is 33.0 Å². The summed E-state index contributed by atoms with van der Waals surface area (Å²) in [6.07, 6.45) is 0.958. The molecule has 0 amide bonds. The van der Waals surface area contributed by atoms with Gasteiger partial charge in [0.25, 0.3) is 0 Å². The van der Waals surface area contributed by atoms with Gasteiger partial charge in [0.1, 0.15) is 0 Å². The second-order valence-electron chi connectivity index (χ2n) is 4.64. The Kier molecular flexibility index (Phi) is 4.25.